The van der Waals surface area contributed by atoms with Crippen LogP contribution in [0.1, 0.15) is 50.2 Å². The molecular formula is C17H27NOS. The average molecular weight is 293 g/mol. The van der Waals surface area contributed by atoms with E-state index in [2.05, 4.69) is 25.3 Å². The summed E-state index contributed by atoms with van der Waals surface area (Å²) in [5, 5.41) is 0. The van der Waals surface area contributed by atoms with Crippen LogP contribution in [0, 0.1) is 0 Å². The lowest BCUT2D eigenvalue weighted by molar-refractivity contribution is 0.295. The molecule has 1 aromatic carbocycles. The molecule has 0 amide bonds. The molecule has 3 heteroatoms. The zero-order chi connectivity index (χ0) is 14.6. The fourth-order valence-corrected chi connectivity index (χ4v) is 4.22. The zero-order valence-corrected chi connectivity index (χ0v) is 13.8. The van der Waals surface area contributed by atoms with Gasteiger partial charge in [0.2, 0.25) is 0 Å². The third-order valence-electron chi connectivity index (χ3n) is 4.76. The topological polar surface area (TPSA) is 35.2 Å². The van der Waals surface area contributed by atoms with E-state index >= 15 is 0 Å². The first-order valence-corrected chi connectivity index (χ1v) is 8.88. The second-order valence-corrected chi connectivity index (χ2v) is 6.61. The summed E-state index contributed by atoms with van der Waals surface area (Å²) in [4.78, 5) is 1.38. The van der Waals surface area contributed by atoms with Crippen LogP contribution in [-0.4, -0.2) is 19.9 Å². The van der Waals surface area contributed by atoms with Crippen LogP contribution in [0.3, 0.4) is 0 Å². The fraction of sp³-hybridized carbons (Fsp3) is 0.647. The van der Waals surface area contributed by atoms with Crippen LogP contribution >= 0.6 is 11.8 Å². The molecule has 0 aromatic heterocycles. The van der Waals surface area contributed by atoms with E-state index in [1.54, 1.807) is 7.11 Å². The molecule has 112 valence electrons. The number of rotatable bonds is 5. The number of benzene rings is 1. The Bertz CT molecular complexity index is 453. The molecular weight excluding hydrogens is 266 g/mol. The SMILES string of the molecule is CCc1cc(SC)c(C2(CN)CCCCC2)cc1OC. The zero-order valence-electron chi connectivity index (χ0n) is 13.0. The molecule has 1 fully saturated rings. The molecule has 0 unspecified atom stereocenters. The molecule has 0 heterocycles. The van der Waals surface area contributed by atoms with Crippen LogP contribution in [0.5, 0.6) is 5.75 Å². The molecule has 0 radical (unpaired) electrons. The van der Waals surface area contributed by atoms with Crippen LogP contribution in [0.2, 0.25) is 0 Å². The molecule has 2 N–H and O–H groups in total. The van der Waals surface area contributed by atoms with Crippen LogP contribution in [-0.2, 0) is 11.8 Å². The van der Waals surface area contributed by atoms with Gasteiger partial charge in [-0.15, -0.1) is 11.8 Å². The van der Waals surface area contributed by atoms with Gasteiger partial charge in [0.25, 0.3) is 0 Å². The highest BCUT2D eigenvalue weighted by atomic mass is 32.2. The fourth-order valence-electron chi connectivity index (χ4n) is 3.46. The van der Waals surface area contributed by atoms with Gasteiger partial charge >= 0.3 is 0 Å². The van der Waals surface area contributed by atoms with E-state index in [1.807, 2.05) is 11.8 Å². The summed E-state index contributed by atoms with van der Waals surface area (Å²) in [6, 6.07) is 4.58. The number of thioether (sulfide) groups is 1. The number of hydrogen-bond acceptors (Lipinski definition) is 3. The lowest BCUT2D eigenvalue weighted by Crippen LogP contribution is -2.37. The number of ether oxygens (including phenoxy) is 1. The van der Waals surface area contributed by atoms with Crippen molar-refractivity contribution in [3.8, 4) is 5.75 Å². The molecule has 0 atom stereocenters. The summed E-state index contributed by atoms with van der Waals surface area (Å²) in [5.74, 6) is 1.03. The summed E-state index contributed by atoms with van der Waals surface area (Å²) < 4.78 is 5.61. The van der Waals surface area contributed by atoms with Crippen molar-refractivity contribution >= 4 is 11.8 Å². The number of nitrogens with two attached hydrogens (primary N) is 1. The van der Waals surface area contributed by atoms with Crippen molar-refractivity contribution in [3.05, 3.63) is 23.3 Å². The highest BCUT2D eigenvalue weighted by Crippen LogP contribution is 2.44. The minimum Gasteiger partial charge on any atom is -0.496 e. The molecule has 0 aliphatic heterocycles. The number of hydrogen-bond donors (Lipinski definition) is 1. The second-order valence-electron chi connectivity index (χ2n) is 5.76. The van der Waals surface area contributed by atoms with Gasteiger partial charge in [-0.2, -0.15) is 0 Å². The van der Waals surface area contributed by atoms with Crippen LogP contribution < -0.4 is 10.5 Å². The predicted molar refractivity (Wildman–Crippen MR) is 88.0 cm³/mol. The van der Waals surface area contributed by atoms with Gasteiger partial charge in [0.05, 0.1) is 7.11 Å². The van der Waals surface area contributed by atoms with Gasteiger partial charge in [0.1, 0.15) is 5.75 Å². The Hall–Kier alpha value is -0.670. The van der Waals surface area contributed by atoms with Crippen molar-refractivity contribution in [2.75, 3.05) is 19.9 Å². The Balaban J connectivity index is 2.52. The Kier molecular flexibility index (Phi) is 5.39. The largest absolute Gasteiger partial charge is 0.496 e. The molecule has 20 heavy (non-hydrogen) atoms. The van der Waals surface area contributed by atoms with Crippen molar-refractivity contribution in [1.82, 2.24) is 0 Å². The van der Waals surface area contributed by atoms with Crippen molar-refractivity contribution in [2.45, 2.75) is 55.8 Å². The van der Waals surface area contributed by atoms with E-state index in [1.165, 1.54) is 48.1 Å². The minimum absolute atomic E-state index is 0.163. The molecule has 1 aromatic rings. The predicted octanol–water partition coefficient (Wildman–Crippen LogP) is 4.14. The van der Waals surface area contributed by atoms with Gasteiger partial charge in [-0.3, -0.25) is 0 Å². The smallest absolute Gasteiger partial charge is 0.122 e. The molecule has 1 aliphatic carbocycles. The minimum atomic E-state index is 0.163. The lowest BCUT2D eigenvalue weighted by Gasteiger charge is -2.38. The Morgan fingerprint density at radius 1 is 1.25 bits per heavy atom. The Morgan fingerprint density at radius 3 is 2.45 bits per heavy atom. The standard InChI is InChI=1S/C17H27NOS/c1-4-13-10-16(20-3)14(11-15(13)19-2)17(12-18)8-6-5-7-9-17/h10-11H,4-9,12,18H2,1-3H3. The first-order valence-electron chi connectivity index (χ1n) is 7.66. The maximum absolute atomic E-state index is 6.21. The highest BCUT2D eigenvalue weighted by molar-refractivity contribution is 7.98. The molecule has 2 rings (SSSR count). The van der Waals surface area contributed by atoms with Gasteiger partial charge in [-0.25, -0.2) is 0 Å². The van der Waals surface area contributed by atoms with Gasteiger partial charge in [-0.05, 0) is 48.8 Å². The Morgan fingerprint density at radius 2 is 1.95 bits per heavy atom. The quantitative estimate of drug-likeness (QED) is 0.829. The third kappa shape index (κ3) is 2.84. The summed E-state index contributed by atoms with van der Waals surface area (Å²) >= 11 is 1.84. The monoisotopic (exact) mass is 293 g/mol. The van der Waals surface area contributed by atoms with Gasteiger partial charge in [0.15, 0.2) is 0 Å². The Labute approximate surface area is 127 Å². The van der Waals surface area contributed by atoms with E-state index in [-0.39, 0.29) is 5.41 Å². The van der Waals surface area contributed by atoms with Crippen LogP contribution in [0.4, 0.5) is 0 Å². The molecule has 0 saturated heterocycles. The van der Waals surface area contributed by atoms with E-state index in [4.69, 9.17) is 10.5 Å². The maximum Gasteiger partial charge on any atom is 0.122 e. The second kappa shape index (κ2) is 6.86. The number of methoxy groups -OCH3 is 1. The maximum atomic E-state index is 6.21. The lowest BCUT2D eigenvalue weighted by atomic mass is 9.69. The molecule has 0 bridgehead atoms. The van der Waals surface area contributed by atoms with Gasteiger partial charge < -0.3 is 10.5 Å². The molecule has 2 nitrogen and oxygen atoms in total. The van der Waals surface area contributed by atoms with Crippen LogP contribution in [0.15, 0.2) is 17.0 Å². The van der Waals surface area contributed by atoms with Gasteiger partial charge in [0, 0.05) is 16.9 Å². The van der Waals surface area contributed by atoms with Gasteiger partial charge in [-0.1, -0.05) is 26.2 Å². The molecule has 0 spiro atoms. The summed E-state index contributed by atoms with van der Waals surface area (Å²) in [6.07, 6.45) is 9.54. The molecule has 1 saturated carbocycles. The third-order valence-corrected chi connectivity index (χ3v) is 5.53. The van der Waals surface area contributed by atoms with Crippen molar-refractivity contribution in [1.29, 1.82) is 0 Å². The van der Waals surface area contributed by atoms with Crippen LogP contribution in [0.25, 0.3) is 0 Å². The van der Waals surface area contributed by atoms with Crippen molar-refractivity contribution in [3.63, 3.8) is 0 Å². The first kappa shape index (κ1) is 15.7. The van der Waals surface area contributed by atoms with E-state index < -0.39 is 0 Å². The first-order chi connectivity index (χ1) is 9.70. The van der Waals surface area contributed by atoms with E-state index in [0.717, 1.165) is 18.7 Å². The van der Waals surface area contributed by atoms with Crippen molar-refractivity contribution in [2.24, 2.45) is 5.73 Å². The summed E-state index contributed by atoms with van der Waals surface area (Å²) in [7, 11) is 1.77. The van der Waals surface area contributed by atoms with E-state index in [0.29, 0.717) is 0 Å². The highest BCUT2D eigenvalue weighted by Gasteiger charge is 2.35. The normalized spacial score (nSPS) is 18.0. The molecule has 1 aliphatic rings. The summed E-state index contributed by atoms with van der Waals surface area (Å²) in [6.45, 7) is 2.93. The van der Waals surface area contributed by atoms with E-state index in [9.17, 15) is 0 Å². The summed E-state index contributed by atoms with van der Waals surface area (Å²) in [5.41, 5.74) is 9.08. The number of aryl methyl sites for hydroxylation is 1. The van der Waals surface area contributed by atoms with Crippen molar-refractivity contribution < 1.29 is 4.74 Å². The average Bonchev–Trinajstić information content (AvgIpc) is 2.54.